The van der Waals surface area contributed by atoms with Crippen LogP contribution in [0.3, 0.4) is 0 Å². The molecule has 2 fully saturated rings. The molecule has 0 radical (unpaired) electrons. The quantitative estimate of drug-likeness (QED) is 0.774. The molecule has 0 unspecified atom stereocenters. The number of carbonyl (C=O) groups excluding carboxylic acids is 1. The van der Waals surface area contributed by atoms with Gasteiger partial charge >= 0.3 is 0 Å². The molecular weight excluding hydrogens is 368 g/mol. The van der Waals surface area contributed by atoms with Crippen LogP contribution in [-0.2, 0) is 9.53 Å². The van der Waals surface area contributed by atoms with Crippen LogP contribution in [0, 0.1) is 0 Å². The van der Waals surface area contributed by atoms with Crippen LogP contribution in [0.1, 0.15) is 31.1 Å². The lowest BCUT2D eigenvalue weighted by molar-refractivity contribution is -0.135. The molecule has 1 aromatic carbocycles. The molecule has 2 aliphatic rings. The maximum atomic E-state index is 12.6. The zero-order valence-corrected chi connectivity index (χ0v) is 16.9. The van der Waals surface area contributed by atoms with E-state index in [2.05, 4.69) is 9.88 Å². The first-order chi connectivity index (χ1) is 14.2. The number of amides is 1. The van der Waals surface area contributed by atoms with Crippen LogP contribution < -0.4 is 4.74 Å². The molecular formula is C22H28N4O3. The lowest BCUT2D eigenvalue weighted by Crippen LogP contribution is -2.46. The number of benzene rings is 1. The summed E-state index contributed by atoms with van der Waals surface area (Å²) >= 11 is 0. The van der Waals surface area contributed by atoms with Gasteiger partial charge in [0.25, 0.3) is 0 Å². The number of likely N-dealkylation sites (tertiary alicyclic amines) is 1. The smallest absolute Gasteiger partial charge is 0.236 e. The third-order valence-electron chi connectivity index (χ3n) is 5.57. The number of nitrogens with zero attached hydrogens (tertiary/aromatic N) is 4. The number of ether oxygens (including phenoxy) is 2. The Bertz CT molecular complexity index is 838. The van der Waals surface area contributed by atoms with Gasteiger partial charge in [-0.1, -0.05) is 12.1 Å². The molecule has 0 aliphatic carbocycles. The summed E-state index contributed by atoms with van der Waals surface area (Å²) in [7, 11) is 1.65. The Balaban J connectivity index is 1.43. The first-order valence-corrected chi connectivity index (χ1v) is 10.3. The van der Waals surface area contributed by atoms with Crippen molar-refractivity contribution in [2.75, 3.05) is 46.4 Å². The van der Waals surface area contributed by atoms with Crippen LogP contribution in [-0.4, -0.2) is 72.1 Å². The van der Waals surface area contributed by atoms with Crippen molar-refractivity contribution >= 4 is 5.91 Å². The van der Waals surface area contributed by atoms with Crippen molar-refractivity contribution in [1.82, 2.24) is 19.8 Å². The third-order valence-corrected chi connectivity index (χ3v) is 5.57. The van der Waals surface area contributed by atoms with Crippen molar-refractivity contribution in [1.29, 1.82) is 0 Å². The Morgan fingerprint density at radius 2 is 2.07 bits per heavy atom. The van der Waals surface area contributed by atoms with E-state index in [1.54, 1.807) is 19.5 Å². The first-order valence-electron chi connectivity index (χ1n) is 10.3. The van der Waals surface area contributed by atoms with Gasteiger partial charge in [-0.3, -0.25) is 14.7 Å². The van der Waals surface area contributed by atoms with E-state index in [-0.39, 0.29) is 12.0 Å². The van der Waals surface area contributed by atoms with Gasteiger partial charge in [0.2, 0.25) is 5.91 Å². The van der Waals surface area contributed by atoms with E-state index in [1.807, 2.05) is 29.2 Å². The van der Waals surface area contributed by atoms with Gasteiger partial charge in [0.1, 0.15) is 11.9 Å². The number of aromatic nitrogens is 2. The SMILES string of the molecule is COc1cccc(-c2cncc([C@H]3CN(CC(=O)N4CCCCC4)CCO3)n2)c1. The van der Waals surface area contributed by atoms with E-state index < -0.39 is 0 Å². The van der Waals surface area contributed by atoms with Crippen LogP contribution in [0.4, 0.5) is 0 Å². The minimum atomic E-state index is -0.184. The number of methoxy groups -OCH3 is 1. The zero-order valence-electron chi connectivity index (χ0n) is 16.9. The second-order valence-electron chi connectivity index (χ2n) is 7.60. The van der Waals surface area contributed by atoms with E-state index >= 15 is 0 Å². The normalized spacial score (nSPS) is 20.4. The van der Waals surface area contributed by atoms with Gasteiger partial charge in [-0.15, -0.1) is 0 Å². The molecule has 2 aliphatic heterocycles. The Hall–Kier alpha value is -2.51. The lowest BCUT2D eigenvalue weighted by atomic mass is 10.1. The number of morpholine rings is 1. The predicted octanol–water partition coefficient (Wildman–Crippen LogP) is 2.54. The maximum absolute atomic E-state index is 12.6. The molecule has 154 valence electrons. The highest BCUT2D eigenvalue weighted by Gasteiger charge is 2.27. The van der Waals surface area contributed by atoms with Crippen LogP contribution in [0.25, 0.3) is 11.3 Å². The molecule has 0 N–H and O–H groups in total. The molecule has 2 saturated heterocycles. The third kappa shape index (κ3) is 4.92. The van der Waals surface area contributed by atoms with Gasteiger partial charge in [-0.05, 0) is 31.4 Å². The summed E-state index contributed by atoms with van der Waals surface area (Å²) in [6, 6.07) is 7.77. The molecule has 0 saturated carbocycles. The molecule has 1 aromatic heterocycles. The standard InChI is InChI=1S/C22H28N4O3/c1-28-18-7-5-6-17(12-18)19-13-23-14-20(24-19)21-15-25(10-11-29-21)16-22(27)26-8-3-2-4-9-26/h5-7,12-14,21H,2-4,8-11,15-16H2,1H3/t21-/m1/s1. The summed E-state index contributed by atoms with van der Waals surface area (Å²) < 4.78 is 11.3. The van der Waals surface area contributed by atoms with E-state index in [4.69, 9.17) is 14.5 Å². The summed E-state index contributed by atoms with van der Waals surface area (Å²) in [4.78, 5) is 25.9. The fourth-order valence-corrected chi connectivity index (χ4v) is 3.92. The van der Waals surface area contributed by atoms with Crippen LogP contribution in [0.15, 0.2) is 36.7 Å². The summed E-state index contributed by atoms with van der Waals surface area (Å²) in [6.45, 7) is 4.22. The molecule has 1 atom stereocenters. The maximum Gasteiger partial charge on any atom is 0.236 e. The van der Waals surface area contributed by atoms with Crippen molar-refractivity contribution in [2.24, 2.45) is 0 Å². The largest absolute Gasteiger partial charge is 0.497 e. The fourth-order valence-electron chi connectivity index (χ4n) is 3.92. The average Bonchev–Trinajstić information content (AvgIpc) is 2.80. The van der Waals surface area contributed by atoms with Crippen LogP contribution in [0.2, 0.25) is 0 Å². The predicted molar refractivity (Wildman–Crippen MR) is 110 cm³/mol. The number of hydrogen-bond donors (Lipinski definition) is 0. The van der Waals surface area contributed by atoms with E-state index in [0.717, 1.165) is 55.2 Å². The molecule has 7 heteroatoms. The molecule has 1 amide bonds. The van der Waals surface area contributed by atoms with E-state index in [1.165, 1.54) is 6.42 Å². The second-order valence-corrected chi connectivity index (χ2v) is 7.60. The first kappa shape index (κ1) is 19.8. The molecule has 0 spiro atoms. The number of hydrogen-bond acceptors (Lipinski definition) is 6. The van der Waals surface area contributed by atoms with Gasteiger partial charge in [0.05, 0.1) is 44.0 Å². The Morgan fingerprint density at radius 3 is 2.90 bits per heavy atom. The molecule has 4 rings (SSSR count). The highest BCUT2D eigenvalue weighted by Crippen LogP contribution is 2.25. The number of carbonyl (C=O) groups is 1. The van der Waals surface area contributed by atoms with Crippen molar-refractivity contribution < 1.29 is 14.3 Å². The van der Waals surface area contributed by atoms with E-state index in [9.17, 15) is 4.79 Å². The number of rotatable bonds is 5. The van der Waals surface area contributed by atoms with Crippen molar-refractivity contribution in [2.45, 2.75) is 25.4 Å². The van der Waals surface area contributed by atoms with Gasteiger partial charge in [-0.2, -0.15) is 0 Å². The molecule has 29 heavy (non-hydrogen) atoms. The monoisotopic (exact) mass is 396 g/mol. The zero-order chi connectivity index (χ0) is 20.1. The Morgan fingerprint density at radius 1 is 1.21 bits per heavy atom. The summed E-state index contributed by atoms with van der Waals surface area (Å²) in [6.07, 6.45) is 6.78. The molecule has 0 bridgehead atoms. The molecule has 2 aromatic rings. The number of piperidine rings is 1. The Kier molecular flexibility index (Phi) is 6.36. The highest BCUT2D eigenvalue weighted by atomic mass is 16.5. The summed E-state index contributed by atoms with van der Waals surface area (Å²) in [5.74, 6) is 1.01. The lowest BCUT2D eigenvalue weighted by Gasteiger charge is -2.34. The minimum absolute atomic E-state index is 0.184. The van der Waals surface area contributed by atoms with Crippen molar-refractivity contribution in [3.63, 3.8) is 0 Å². The Labute approximate surface area is 171 Å². The molecule has 7 nitrogen and oxygen atoms in total. The minimum Gasteiger partial charge on any atom is -0.497 e. The van der Waals surface area contributed by atoms with E-state index in [0.29, 0.717) is 19.7 Å². The summed E-state index contributed by atoms with van der Waals surface area (Å²) in [5.41, 5.74) is 2.53. The average molecular weight is 396 g/mol. The van der Waals surface area contributed by atoms with Crippen LogP contribution >= 0.6 is 0 Å². The van der Waals surface area contributed by atoms with Crippen molar-refractivity contribution in [3.8, 4) is 17.0 Å². The van der Waals surface area contributed by atoms with Gasteiger partial charge in [0, 0.05) is 31.7 Å². The second kappa shape index (κ2) is 9.33. The van der Waals surface area contributed by atoms with Gasteiger partial charge < -0.3 is 14.4 Å². The molecule has 3 heterocycles. The van der Waals surface area contributed by atoms with Gasteiger partial charge in [0.15, 0.2) is 0 Å². The topological polar surface area (TPSA) is 67.8 Å². The van der Waals surface area contributed by atoms with Gasteiger partial charge in [-0.25, -0.2) is 4.98 Å². The van der Waals surface area contributed by atoms with Crippen molar-refractivity contribution in [3.05, 3.63) is 42.4 Å². The fraction of sp³-hybridized carbons (Fsp3) is 0.500. The summed E-state index contributed by atoms with van der Waals surface area (Å²) in [5, 5.41) is 0. The van der Waals surface area contributed by atoms with Crippen LogP contribution in [0.5, 0.6) is 5.75 Å². The highest BCUT2D eigenvalue weighted by molar-refractivity contribution is 5.78.